The number of benzene rings is 2. The van der Waals surface area contributed by atoms with E-state index in [0.29, 0.717) is 38.2 Å². The normalized spacial score (nSPS) is 14.6. The van der Waals surface area contributed by atoms with Gasteiger partial charge in [-0.05, 0) is 30.7 Å². The first-order chi connectivity index (χ1) is 13.0. The molecule has 2 amide bonds. The van der Waals surface area contributed by atoms with Gasteiger partial charge < -0.3 is 9.80 Å². The summed E-state index contributed by atoms with van der Waals surface area (Å²) in [6, 6.07) is 11.3. The molecule has 0 saturated carbocycles. The van der Waals surface area contributed by atoms with Crippen LogP contribution in [-0.2, 0) is 0 Å². The predicted molar refractivity (Wildman–Crippen MR) is 95.9 cm³/mol. The summed E-state index contributed by atoms with van der Waals surface area (Å²) in [5, 5.41) is 10.7. The number of hydrogen-bond acceptors (Lipinski definition) is 4. The van der Waals surface area contributed by atoms with Gasteiger partial charge in [0.1, 0.15) is 5.82 Å². The lowest BCUT2D eigenvalue weighted by atomic mass is 10.2. The van der Waals surface area contributed by atoms with E-state index in [2.05, 4.69) is 0 Å². The zero-order chi connectivity index (χ0) is 19.4. The van der Waals surface area contributed by atoms with E-state index >= 15 is 0 Å². The summed E-state index contributed by atoms with van der Waals surface area (Å²) in [5.74, 6) is -1.20. The number of halogens is 1. The molecule has 1 fully saturated rings. The van der Waals surface area contributed by atoms with Crippen LogP contribution >= 0.6 is 0 Å². The number of carbonyl (C=O) groups is 2. The zero-order valence-corrected chi connectivity index (χ0v) is 14.5. The Bertz CT molecular complexity index is 870. The molecule has 1 aliphatic rings. The maximum atomic E-state index is 13.9. The summed E-state index contributed by atoms with van der Waals surface area (Å²) in [7, 11) is 0. The number of rotatable bonds is 3. The number of amides is 2. The lowest BCUT2D eigenvalue weighted by Gasteiger charge is -2.22. The van der Waals surface area contributed by atoms with Crippen LogP contribution in [0.4, 0.5) is 10.1 Å². The van der Waals surface area contributed by atoms with Crippen molar-refractivity contribution in [3.8, 4) is 0 Å². The van der Waals surface area contributed by atoms with E-state index in [9.17, 15) is 24.1 Å². The molecule has 27 heavy (non-hydrogen) atoms. The van der Waals surface area contributed by atoms with Crippen molar-refractivity contribution in [1.29, 1.82) is 0 Å². The highest BCUT2D eigenvalue weighted by molar-refractivity contribution is 5.95. The molecular weight excluding hydrogens is 353 g/mol. The summed E-state index contributed by atoms with van der Waals surface area (Å²) in [6.07, 6.45) is 0.568. The van der Waals surface area contributed by atoms with Crippen molar-refractivity contribution in [1.82, 2.24) is 9.80 Å². The van der Waals surface area contributed by atoms with Crippen molar-refractivity contribution in [3.05, 3.63) is 75.6 Å². The number of hydrogen-bond donors (Lipinski definition) is 0. The number of nitro benzene ring substituents is 1. The average molecular weight is 371 g/mol. The van der Waals surface area contributed by atoms with Gasteiger partial charge in [-0.1, -0.05) is 12.1 Å². The van der Waals surface area contributed by atoms with E-state index in [-0.39, 0.29) is 17.2 Å². The molecule has 0 radical (unpaired) electrons. The summed E-state index contributed by atoms with van der Waals surface area (Å²) >= 11 is 0. The molecule has 2 aromatic carbocycles. The van der Waals surface area contributed by atoms with E-state index < -0.39 is 16.6 Å². The average Bonchev–Trinajstić information content (AvgIpc) is 2.93. The van der Waals surface area contributed by atoms with Crippen LogP contribution in [0.25, 0.3) is 0 Å². The highest BCUT2D eigenvalue weighted by Crippen LogP contribution is 2.16. The van der Waals surface area contributed by atoms with Crippen LogP contribution in [0.1, 0.15) is 27.1 Å². The van der Waals surface area contributed by atoms with Crippen molar-refractivity contribution in [2.45, 2.75) is 6.42 Å². The maximum absolute atomic E-state index is 13.9. The molecule has 0 spiro atoms. The molecule has 1 saturated heterocycles. The van der Waals surface area contributed by atoms with E-state index in [0.717, 1.165) is 0 Å². The highest BCUT2D eigenvalue weighted by Gasteiger charge is 2.25. The van der Waals surface area contributed by atoms with Gasteiger partial charge >= 0.3 is 0 Å². The number of nitro groups is 1. The van der Waals surface area contributed by atoms with Crippen molar-refractivity contribution in [2.75, 3.05) is 26.2 Å². The van der Waals surface area contributed by atoms with Crippen molar-refractivity contribution >= 4 is 17.5 Å². The van der Waals surface area contributed by atoms with Gasteiger partial charge in [-0.2, -0.15) is 0 Å². The molecule has 0 atom stereocenters. The molecule has 0 aromatic heterocycles. The van der Waals surface area contributed by atoms with E-state index in [4.69, 9.17) is 0 Å². The summed E-state index contributed by atoms with van der Waals surface area (Å²) in [5.41, 5.74) is 0.297. The molecular formula is C19H18FN3O4. The molecule has 7 nitrogen and oxygen atoms in total. The molecule has 1 aliphatic heterocycles. The largest absolute Gasteiger partial charge is 0.337 e. The van der Waals surface area contributed by atoms with E-state index in [1.165, 1.54) is 42.5 Å². The third kappa shape index (κ3) is 4.11. The van der Waals surface area contributed by atoms with Gasteiger partial charge in [0.05, 0.1) is 10.5 Å². The third-order valence-corrected chi connectivity index (χ3v) is 4.50. The fourth-order valence-corrected chi connectivity index (χ4v) is 3.04. The third-order valence-electron chi connectivity index (χ3n) is 4.50. The van der Waals surface area contributed by atoms with Gasteiger partial charge in [-0.15, -0.1) is 0 Å². The molecule has 0 N–H and O–H groups in total. The molecule has 140 valence electrons. The molecule has 8 heteroatoms. The first kappa shape index (κ1) is 18.5. The number of non-ortho nitro benzene ring substituents is 1. The topological polar surface area (TPSA) is 83.8 Å². The Kier molecular flexibility index (Phi) is 5.44. The maximum Gasteiger partial charge on any atom is 0.269 e. The quantitative estimate of drug-likeness (QED) is 0.613. The zero-order valence-electron chi connectivity index (χ0n) is 14.5. The molecule has 0 aliphatic carbocycles. The fourth-order valence-electron chi connectivity index (χ4n) is 3.04. The van der Waals surface area contributed by atoms with Gasteiger partial charge in [0.15, 0.2) is 0 Å². The Balaban J connectivity index is 1.67. The van der Waals surface area contributed by atoms with Crippen molar-refractivity contribution in [3.63, 3.8) is 0 Å². The molecule has 2 aromatic rings. The minimum Gasteiger partial charge on any atom is -0.337 e. The molecule has 1 heterocycles. The van der Waals surface area contributed by atoms with Gasteiger partial charge in [0.2, 0.25) is 0 Å². The molecule has 3 rings (SSSR count). The van der Waals surface area contributed by atoms with Crippen molar-refractivity contribution in [2.24, 2.45) is 0 Å². The van der Waals surface area contributed by atoms with Gasteiger partial charge in [-0.25, -0.2) is 4.39 Å². The van der Waals surface area contributed by atoms with E-state index in [1.54, 1.807) is 15.9 Å². The van der Waals surface area contributed by atoms with Gasteiger partial charge in [0.25, 0.3) is 17.5 Å². The second-order valence-electron chi connectivity index (χ2n) is 6.22. The van der Waals surface area contributed by atoms with Crippen LogP contribution in [-0.4, -0.2) is 52.7 Å². The number of nitrogens with zero attached hydrogens (tertiary/aromatic N) is 3. The second kappa shape index (κ2) is 7.94. The minimum atomic E-state index is -0.564. The smallest absolute Gasteiger partial charge is 0.269 e. The van der Waals surface area contributed by atoms with Crippen LogP contribution < -0.4 is 0 Å². The Morgan fingerprint density at radius 1 is 0.889 bits per heavy atom. The molecule has 0 unspecified atom stereocenters. The predicted octanol–water partition coefficient (Wildman–Crippen LogP) is 2.72. The van der Waals surface area contributed by atoms with Gasteiger partial charge in [-0.3, -0.25) is 19.7 Å². The Labute approximate surface area is 155 Å². The Morgan fingerprint density at radius 3 is 2.07 bits per heavy atom. The van der Waals surface area contributed by atoms with Crippen LogP contribution in [0.15, 0.2) is 48.5 Å². The number of carbonyl (C=O) groups excluding carboxylic acids is 2. The van der Waals surface area contributed by atoms with Crippen LogP contribution in [0.3, 0.4) is 0 Å². The van der Waals surface area contributed by atoms with Crippen LogP contribution in [0, 0.1) is 15.9 Å². The van der Waals surface area contributed by atoms with Gasteiger partial charge in [0, 0.05) is 43.9 Å². The first-order valence-corrected chi connectivity index (χ1v) is 8.55. The second-order valence-corrected chi connectivity index (χ2v) is 6.22. The SMILES string of the molecule is O=C(c1ccc([N+](=O)[O-])cc1)N1CCCN(C(=O)c2ccccc2F)CC1. The Hall–Kier alpha value is -3.29. The standard InChI is InChI=1S/C19H18FN3O4/c20-17-5-2-1-4-16(17)19(25)22-11-3-10-21(12-13-22)18(24)14-6-8-15(9-7-14)23(26)27/h1-2,4-9H,3,10-13H2. The van der Waals surface area contributed by atoms with Crippen molar-refractivity contribution < 1.29 is 18.9 Å². The fraction of sp³-hybridized carbons (Fsp3) is 0.263. The summed E-state index contributed by atoms with van der Waals surface area (Å²) in [6.45, 7) is 1.50. The Morgan fingerprint density at radius 2 is 1.48 bits per heavy atom. The summed E-state index contributed by atoms with van der Waals surface area (Å²) < 4.78 is 13.9. The summed E-state index contributed by atoms with van der Waals surface area (Å²) in [4.78, 5) is 38.5. The van der Waals surface area contributed by atoms with Crippen LogP contribution in [0.2, 0.25) is 0 Å². The van der Waals surface area contributed by atoms with E-state index in [1.807, 2.05) is 0 Å². The monoisotopic (exact) mass is 371 g/mol. The first-order valence-electron chi connectivity index (χ1n) is 8.55. The molecule has 0 bridgehead atoms. The highest BCUT2D eigenvalue weighted by atomic mass is 19.1. The van der Waals surface area contributed by atoms with Crippen LogP contribution in [0.5, 0.6) is 0 Å². The lowest BCUT2D eigenvalue weighted by Crippen LogP contribution is -2.37. The minimum absolute atomic E-state index is 0.0210. The lowest BCUT2D eigenvalue weighted by molar-refractivity contribution is -0.384.